The second kappa shape index (κ2) is 12.6. The summed E-state index contributed by atoms with van der Waals surface area (Å²) < 4.78 is 1.94. The van der Waals surface area contributed by atoms with Crippen molar-refractivity contribution < 1.29 is 0 Å². The molecular weight excluding hydrogens is 629 g/mol. The van der Waals surface area contributed by atoms with Crippen LogP contribution in [0, 0.1) is 40.6 Å². The molecular formula is C43H22N8. The van der Waals surface area contributed by atoms with Crippen molar-refractivity contribution >= 4 is 27.5 Å². The van der Waals surface area contributed by atoms with Gasteiger partial charge in [-0.25, -0.2) is 9.83 Å². The van der Waals surface area contributed by atoms with Crippen molar-refractivity contribution in [3.63, 3.8) is 0 Å². The second-order valence-corrected chi connectivity index (χ2v) is 11.6. The summed E-state index contributed by atoms with van der Waals surface area (Å²) in [6.45, 7) is 7.99. The Morgan fingerprint density at radius 1 is 0.529 bits per heavy atom. The molecule has 0 aliphatic heterocycles. The first kappa shape index (κ1) is 30.4. The van der Waals surface area contributed by atoms with Crippen LogP contribution >= 0.6 is 0 Å². The highest BCUT2D eigenvalue weighted by Crippen LogP contribution is 2.45. The topological polar surface area (TPSA) is 119 Å². The van der Waals surface area contributed by atoms with E-state index in [2.05, 4.69) is 23.1 Å². The van der Waals surface area contributed by atoms with Crippen LogP contribution in [0.15, 0.2) is 133 Å². The van der Waals surface area contributed by atoms with Crippen LogP contribution in [0.3, 0.4) is 0 Å². The standard InChI is InChI=1S/C43H22N8/c1-47-35-22-9-18-31(26-46)38(35)32-19-11-23-36-39(32)34-21-10-20-33(37-29(24-44)16-8-17-30(37)25-45)40(34)51(36)43-49-41(27-12-4-2-5-13-27)48-42(50-43)28-14-6-3-7-15-28/h2-23H. The van der Waals surface area contributed by atoms with E-state index in [-0.39, 0.29) is 0 Å². The highest BCUT2D eigenvalue weighted by atomic mass is 15.2. The van der Waals surface area contributed by atoms with Gasteiger partial charge in [0.15, 0.2) is 17.3 Å². The summed E-state index contributed by atoms with van der Waals surface area (Å²) in [4.78, 5) is 18.8. The molecule has 0 aliphatic rings. The van der Waals surface area contributed by atoms with Crippen LogP contribution in [0.1, 0.15) is 16.7 Å². The van der Waals surface area contributed by atoms with Gasteiger partial charge in [0, 0.05) is 44.2 Å². The van der Waals surface area contributed by atoms with Crippen molar-refractivity contribution in [3.05, 3.63) is 162 Å². The van der Waals surface area contributed by atoms with E-state index in [0.717, 1.165) is 21.9 Å². The maximum Gasteiger partial charge on any atom is 0.238 e. The first-order valence-electron chi connectivity index (χ1n) is 15.9. The van der Waals surface area contributed by atoms with E-state index in [1.165, 1.54) is 0 Å². The number of para-hydroxylation sites is 1. The molecule has 8 heteroatoms. The number of rotatable bonds is 5. The summed E-state index contributed by atoms with van der Waals surface area (Å²) in [7, 11) is 0. The molecule has 0 unspecified atom stereocenters. The summed E-state index contributed by atoms with van der Waals surface area (Å²) in [6.07, 6.45) is 0. The minimum absolute atomic E-state index is 0.319. The molecule has 2 aromatic heterocycles. The van der Waals surface area contributed by atoms with E-state index in [1.54, 1.807) is 36.4 Å². The zero-order valence-corrected chi connectivity index (χ0v) is 26.8. The van der Waals surface area contributed by atoms with Gasteiger partial charge >= 0.3 is 0 Å². The van der Waals surface area contributed by atoms with Gasteiger partial charge < -0.3 is 0 Å². The minimum atomic E-state index is 0.319. The number of benzene rings is 6. The van der Waals surface area contributed by atoms with Gasteiger partial charge in [0.05, 0.1) is 46.9 Å². The number of nitriles is 3. The molecule has 8 aromatic rings. The smallest absolute Gasteiger partial charge is 0.238 e. The fraction of sp³-hybridized carbons (Fsp3) is 0. The van der Waals surface area contributed by atoms with Gasteiger partial charge in [-0.15, -0.1) is 0 Å². The Morgan fingerprint density at radius 3 is 1.65 bits per heavy atom. The SMILES string of the molecule is [C-]#[N+]c1cccc(C#N)c1-c1cccc2c1c1cccc(-c3c(C#N)cccc3C#N)c1n2-c1nc(-c2ccccc2)nc(-c2ccccc2)n1. The third-order valence-corrected chi connectivity index (χ3v) is 8.83. The maximum atomic E-state index is 10.3. The summed E-state index contributed by atoms with van der Waals surface area (Å²) in [5, 5.41) is 32.3. The van der Waals surface area contributed by atoms with Gasteiger partial charge in [0.1, 0.15) is 0 Å². The number of aromatic nitrogens is 4. The lowest BCUT2D eigenvalue weighted by atomic mass is 9.91. The van der Waals surface area contributed by atoms with Crippen molar-refractivity contribution in [1.82, 2.24) is 19.5 Å². The van der Waals surface area contributed by atoms with Crippen molar-refractivity contribution in [2.75, 3.05) is 0 Å². The number of fused-ring (bicyclic) bond motifs is 3. The van der Waals surface area contributed by atoms with Gasteiger partial charge in [0.2, 0.25) is 5.95 Å². The number of hydrogen-bond acceptors (Lipinski definition) is 6. The van der Waals surface area contributed by atoms with Crippen LogP contribution in [-0.2, 0) is 0 Å². The van der Waals surface area contributed by atoms with Crippen molar-refractivity contribution in [2.24, 2.45) is 0 Å². The molecule has 234 valence electrons. The van der Waals surface area contributed by atoms with Crippen molar-refractivity contribution in [3.8, 4) is 69.2 Å². The van der Waals surface area contributed by atoms with Crippen LogP contribution in [0.5, 0.6) is 0 Å². The zero-order valence-electron chi connectivity index (χ0n) is 26.8. The van der Waals surface area contributed by atoms with Crippen LogP contribution in [0.4, 0.5) is 5.69 Å². The van der Waals surface area contributed by atoms with Crippen LogP contribution in [0.2, 0.25) is 0 Å². The molecule has 0 fully saturated rings. The lowest BCUT2D eigenvalue weighted by Crippen LogP contribution is -2.07. The third kappa shape index (κ3) is 5.02. The molecule has 0 amide bonds. The normalized spacial score (nSPS) is 10.7. The molecule has 6 aromatic carbocycles. The van der Waals surface area contributed by atoms with Crippen LogP contribution in [0.25, 0.3) is 77.6 Å². The lowest BCUT2D eigenvalue weighted by molar-refractivity contribution is 0.954. The van der Waals surface area contributed by atoms with Gasteiger partial charge in [-0.05, 0) is 29.8 Å². The van der Waals surface area contributed by atoms with E-state index in [4.69, 9.17) is 21.5 Å². The quantitative estimate of drug-likeness (QED) is 0.171. The summed E-state index contributed by atoms with van der Waals surface area (Å²) in [5.74, 6) is 1.24. The van der Waals surface area contributed by atoms with Gasteiger partial charge in [-0.2, -0.15) is 25.8 Å². The molecule has 0 N–H and O–H groups in total. The summed E-state index contributed by atoms with van der Waals surface area (Å²) >= 11 is 0. The first-order chi connectivity index (χ1) is 25.1. The molecule has 0 atom stereocenters. The van der Waals surface area contributed by atoms with E-state index in [9.17, 15) is 15.8 Å². The molecule has 0 spiro atoms. The fourth-order valence-corrected chi connectivity index (χ4v) is 6.67. The molecule has 0 saturated heterocycles. The molecule has 0 aliphatic carbocycles. The minimum Gasteiger partial charge on any atom is -0.277 e. The largest absolute Gasteiger partial charge is 0.277 e. The fourth-order valence-electron chi connectivity index (χ4n) is 6.67. The molecule has 8 rings (SSSR count). The summed E-state index contributed by atoms with van der Waals surface area (Å²) in [5.41, 5.74) is 6.67. The first-order valence-corrected chi connectivity index (χ1v) is 15.9. The van der Waals surface area contributed by atoms with Gasteiger partial charge in [0.25, 0.3) is 0 Å². The predicted octanol–water partition coefficient (Wildman–Crippen LogP) is 9.80. The van der Waals surface area contributed by atoms with E-state index in [1.807, 2.05) is 102 Å². The van der Waals surface area contributed by atoms with Gasteiger partial charge in [-0.3, -0.25) is 4.57 Å². The van der Waals surface area contributed by atoms with Crippen LogP contribution in [-0.4, -0.2) is 19.5 Å². The van der Waals surface area contributed by atoms with Crippen molar-refractivity contribution in [2.45, 2.75) is 0 Å². The molecule has 0 bridgehead atoms. The summed E-state index contributed by atoms with van der Waals surface area (Å²) in [6, 6.07) is 47.9. The molecule has 51 heavy (non-hydrogen) atoms. The Labute approximate surface area is 292 Å². The molecule has 2 heterocycles. The van der Waals surface area contributed by atoms with Crippen molar-refractivity contribution in [1.29, 1.82) is 15.8 Å². The second-order valence-electron chi connectivity index (χ2n) is 11.6. The average molecular weight is 651 g/mol. The molecule has 8 nitrogen and oxygen atoms in total. The molecule has 0 radical (unpaired) electrons. The van der Waals surface area contributed by atoms with E-state index in [0.29, 0.717) is 73.3 Å². The monoisotopic (exact) mass is 650 g/mol. The number of nitrogens with zero attached hydrogens (tertiary/aromatic N) is 8. The Kier molecular flexibility index (Phi) is 7.52. The average Bonchev–Trinajstić information content (AvgIpc) is 3.55. The lowest BCUT2D eigenvalue weighted by Gasteiger charge is -2.14. The number of hydrogen-bond donors (Lipinski definition) is 0. The highest BCUT2D eigenvalue weighted by Gasteiger charge is 2.25. The Balaban J connectivity index is 1.59. The third-order valence-electron chi connectivity index (χ3n) is 8.83. The Bertz CT molecular complexity index is 2720. The predicted molar refractivity (Wildman–Crippen MR) is 196 cm³/mol. The Hall–Kier alpha value is -7.91. The zero-order chi connectivity index (χ0) is 34.9. The maximum absolute atomic E-state index is 10.3. The van der Waals surface area contributed by atoms with E-state index < -0.39 is 0 Å². The Morgan fingerprint density at radius 2 is 1.06 bits per heavy atom. The highest BCUT2D eigenvalue weighted by molar-refractivity contribution is 6.20. The molecule has 0 saturated carbocycles. The van der Waals surface area contributed by atoms with Crippen LogP contribution < -0.4 is 0 Å². The van der Waals surface area contributed by atoms with Gasteiger partial charge in [-0.1, -0.05) is 109 Å². The van der Waals surface area contributed by atoms with E-state index >= 15 is 0 Å².